The second-order valence-electron chi connectivity index (χ2n) is 5.15. The van der Waals surface area contributed by atoms with E-state index in [0.717, 1.165) is 19.4 Å². The average Bonchev–Trinajstić information content (AvgIpc) is 2.35. The van der Waals surface area contributed by atoms with Crippen LogP contribution in [0.3, 0.4) is 0 Å². The van der Waals surface area contributed by atoms with Crippen molar-refractivity contribution in [2.45, 2.75) is 12.8 Å². The summed E-state index contributed by atoms with van der Waals surface area (Å²) in [6, 6.07) is 0. The number of hydrogen-bond acceptors (Lipinski definition) is 3. The number of piperidine rings is 1. The third-order valence-electron chi connectivity index (χ3n) is 3.28. The van der Waals surface area contributed by atoms with Crippen LogP contribution in [-0.2, 0) is 10.2 Å². The number of nitrogens with zero attached hydrogens (tertiary/aromatic N) is 3. The molecule has 1 saturated heterocycles. The van der Waals surface area contributed by atoms with Gasteiger partial charge in [0.05, 0.1) is 0 Å². The van der Waals surface area contributed by atoms with Gasteiger partial charge >= 0.3 is 0 Å². The van der Waals surface area contributed by atoms with Gasteiger partial charge in [0, 0.05) is 39.1 Å². The zero-order valence-electron chi connectivity index (χ0n) is 11.5. The molecule has 5 nitrogen and oxygen atoms in total. The molecule has 1 rings (SSSR count). The Hall–Kier alpha value is 0.120. The van der Waals surface area contributed by atoms with Gasteiger partial charge in [0.25, 0.3) is 10.2 Å². The highest BCUT2D eigenvalue weighted by molar-refractivity contribution is 7.86. The Bertz CT molecular complexity index is 348. The molecule has 0 bridgehead atoms. The van der Waals surface area contributed by atoms with Gasteiger partial charge in [-0.15, -0.1) is 11.6 Å². The first kappa shape index (κ1) is 16.2. The summed E-state index contributed by atoms with van der Waals surface area (Å²) in [5, 5.41) is 0. The minimum absolute atomic E-state index is 0.289. The summed E-state index contributed by atoms with van der Waals surface area (Å²) in [6.07, 6.45) is 1.93. The van der Waals surface area contributed by atoms with E-state index in [2.05, 4.69) is 0 Å². The lowest BCUT2D eigenvalue weighted by molar-refractivity contribution is 0.261. The van der Waals surface area contributed by atoms with Crippen molar-refractivity contribution in [2.75, 3.05) is 53.2 Å². The molecule has 1 heterocycles. The van der Waals surface area contributed by atoms with Gasteiger partial charge in [0.1, 0.15) is 0 Å². The first-order chi connectivity index (χ1) is 8.37. The minimum Gasteiger partial charge on any atom is -0.308 e. The molecular weight excluding hydrogens is 274 g/mol. The first-order valence-corrected chi connectivity index (χ1v) is 8.23. The zero-order valence-corrected chi connectivity index (χ0v) is 13.0. The van der Waals surface area contributed by atoms with E-state index in [1.165, 1.54) is 4.31 Å². The van der Waals surface area contributed by atoms with Crippen LogP contribution in [0.2, 0.25) is 0 Å². The highest BCUT2D eigenvalue weighted by atomic mass is 35.5. The number of hydrogen-bond donors (Lipinski definition) is 0. The molecule has 7 heteroatoms. The van der Waals surface area contributed by atoms with Crippen LogP contribution < -0.4 is 0 Å². The molecule has 0 amide bonds. The van der Waals surface area contributed by atoms with Crippen molar-refractivity contribution in [1.29, 1.82) is 0 Å². The van der Waals surface area contributed by atoms with Crippen LogP contribution in [0.1, 0.15) is 12.8 Å². The molecule has 0 N–H and O–H groups in total. The standard InChI is InChI=1S/C11H24ClN3O2S/c1-13(2)7-8-14(3)18(16,17)15-6-4-5-11(9-12)10-15/h11H,4-10H2,1-3H3. The SMILES string of the molecule is CN(C)CCN(C)S(=O)(=O)N1CCCC(CCl)C1. The predicted octanol–water partition coefficient (Wildman–Crippen LogP) is 0.675. The summed E-state index contributed by atoms with van der Waals surface area (Å²) >= 11 is 5.84. The van der Waals surface area contributed by atoms with Crippen molar-refractivity contribution >= 4 is 21.8 Å². The highest BCUT2D eigenvalue weighted by Gasteiger charge is 2.31. The summed E-state index contributed by atoms with van der Waals surface area (Å²) in [7, 11) is 2.19. The maximum atomic E-state index is 12.3. The second kappa shape index (κ2) is 7.05. The quantitative estimate of drug-likeness (QED) is 0.677. The van der Waals surface area contributed by atoms with E-state index < -0.39 is 10.2 Å². The molecule has 0 spiro atoms. The van der Waals surface area contributed by atoms with E-state index in [9.17, 15) is 8.42 Å². The Labute approximate surface area is 116 Å². The molecular formula is C11H24ClN3O2S. The lowest BCUT2D eigenvalue weighted by Gasteiger charge is -2.34. The van der Waals surface area contributed by atoms with Crippen LogP contribution >= 0.6 is 11.6 Å². The van der Waals surface area contributed by atoms with E-state index >= 15 is 0 Å². The molecule has 0 aromatic carbocycles. The molecule has 0 saturated carbocycles. The predicted molar refractivity (Wildman–Crippen MR) is 75.1 cm³/mol. The summed E-state index contributed by atoms with van der Waals surface area (Å²) in [6.45, 7) is 2.40. The monoisotopic (exact) mass is 297 g/mol. The topological polar surface area (TPSA) is 43.9 Å². The van der Waals surface area contributed by atoms with Gasteiger partial charge in [-0.2, -0.15) is 17.0 Å². The lowest BCUT2D eigenvalue weighted by Crippen LogP contribution is -2.48. The lowest BCUT2D eigenvalue weighted by atomic mass is 10.0. The molecule has 18 heavy (non-hydrogen) atoms. The maximum absolute atomic E-state index is 12.3. The van der Waals surface area contributed by atoms with E-state index in [1.807, 2.05) is 19.0 Å². The summed E-state index contributed by atoms with van der Waals surface area (Å²) in [5.74, 6) is 0.824. The normalized spacial score (nSPS) is 22.9. The third kappa shape index (κ3) is 4.35. The number of halogens is 1. The molecule has 108 valence electrons. The van der Waals surface area contributed by atoms with Crippen molar-refractivity contribution in [2.24, 2.45) is 5.92 Å². The second-order valence-corrected chi connectivity index (χ2v) is 7.50. The third-order valence-corrected chi connectivity index (χ3v) is 5.67. The van der Waals surface area contributed by atoms with Gasteiger partial charge in [0.15, 0.2) is 0 Å². The minimum atomic E-state index is -3.32. The van der Waals surface area contributed by atoms with Gasteiger partial charge in [0.2, 0.25) is 0 Å². The fourth-order valence-corrected chi connectivity index (χ4v) is 3.73. The van der Waals surface area contributed by atoms with Gasteiger partial charge in [-0.05, 0) is 32.9 Å². The Morgan fingerprint density at radius 3 is 2.50 bits per heavy atom. The van der Waals surface area contributed by atoms with Crippen molar-refractivity contribution in [1.82, 2.24) is 13.5 Å². The smallest absolute Gasteiger partial charge is 0.281 e. The van der Waals surface area contributed by atoms with Crippen LogP contribution in [0.5, 0.6) is 0 Å². The van der Waals surface area contributed by atoms with Crippen LogP contribution in [0.4, 0.5) is 0 Å². The Morgan fingerprint density at radius 1 is 1.28 bits per heavy atom. The van der Waals surface area contributed by atoms with Crippen molar-refractivity contribution in [3.63, 3.8) is 0 Å². The molecule has 0 radical (unpaired) electrons. The molecule has 1 aliphatic rings. The summed E-state index contributed by atoms with van der Waals surface area (Å²) < 4.78 is 27.7. The van der Waals surface area contributed by atoms with E-state index in [4.69, 9.17) is 11.6 Å². The fraction of sp³-hybridized carbons (Fsp3) is 1.00. The van der Waals surface area contributed by atoms with Crippen LogP contribution in [0, 0.1) is 5.92 Å². The number of likely N-dealkylation sites (N-methyl/N-ethyl adjacent to an activating group) is 2. The van der Waals surface area contributed by atoms with Gasteiger partial charge in [-0.25, -0.2) is 0 Å². The number of alkyl halides is 1. The average molecular weight is 298 g/mol. The van der Waals surface area contributed by atoms with Gasteiger partial charge in [-0.1, -0.05) is 0 Å². The molecule has 1 fully saturated rings. The Morgan fingerprint density at radius 2 is 1.94 bits per heavy atom. The molecule has 1 aliphatic heterocycles. The Kier molecular flexibility index (Phi) is 6.34. The highest BCUT2D eigenvalue weighted by Crippen LogP contribution is 2.21. The maximum Gasteiger partial charge on any atom is 0.281 e. The fourth-order valence-electron chi connectivity index (χ4n) is 2.02. The van der Waals surface area contributed by atoms with E-state index in [0.29, 0.717) is 25.5 Å². The largest absolute Gasteiger partial charge is 0.308 e. The first-order valence-electron chi connectivity index (χ1n) is 6.30. The van der Waals surface area contributed by atoms with Crippen LogP contribution in [-0.4, -0.2) is 75.1 Å². The molecule has 0 aromatic rings. The number of rotatable bonds is 6. The van der Waals surface area contributed by atoms with E-state index in [1.54, 1.807) is 11.4 Å². The molecule has 1 atom stereocenters. The van der Waals surface area contributed by atoms with Crippen molar-refractivity contribution < 1.29 is 8.42 Å². The Balaban J connectivity index is 2.61. The van der Waals surface area contributed by atoms with Crippen LogP contribution in [0.15, 0.2) is 0 Å². The van der Waals surface area contributed by atoms with Crippen molar-refractivity contribution in [3.8, 4) is 0 Å². The van der Waals surface area contributed by atoms with Gasteiger partial charge in [-0.3, -0.25) is 0 Å². The molecule has 0 aromatic heterocycles. The summed E-state index contributed by atoms with van der Waals surface area (Å²) in [5.41, 5.74) is 0. The summed E-state index contributed by atoms with van der Waals surface area (Å²) in [4.78, 5) is 1.98. The van der Waals surface area contributed by atoms with Crippen molar-refractivity contribution in [3.05, 3.63) is 0 Å². The van der Waals surface area contributed by atoms with Crippen LogP contribution in [0.25, 0.3) is 0 Å². The zero-order chi connectivity index (χ0) is 13.8. The molecule has 1 unspecified atom stereocenters. The van der Waals surface area contributed by atoms with Gasteiger partial charge < -0.3 is 4.90 Å². The molecule has 0 aliphatic carbocycles. The van der Waals surface area contributed by atoms with E-state index in [-0.39, 0.29) is 5.92 Å².